The molecule has 1 fully saturated rings. The van der Waals surface area contributed by atoms with Crippen LogP contribution in [0.1, 0.15) is 22.5 Å². The van der Waals surface area contributed by atoms with Gasteiger partial charge in [-0.3, -0.25) is 20.4 Å². The highest BCUT2D eigenvalue weighted by atomic mass is 32.1. The van der Waals surface area contributed by atoms with E-state index in [1.165, 1.54) is 11.3 Å². The zero-order chi connectivity index (χ0) is 11.4. The van der Waals surface area contributed by atoms with E-state index in [1.807, 2.05) is 0 Å². The number of carbonyl (C=O) groups excluding carboxylic acids is 2. The highest BCUT2D eigenvalue weighted by molar-refractivity contribution is 7.12. The summed E-state index contributed by atoms with van der Waals surface area (Å²) in [6.07, 6.45) is 1.17. The molecule has 1 aliphatic heterocycles. The summed E-state index contributed by atoms with van der Waals surface area (Å²) in [6, 6.07) is 3.47. The van der Waals surface area contributed by atoms with Crippen molar-refractivity contribution in [2.45, 2.75) is 18.9 Å². The molecule has 0 aromatic carbocycles. The third-order valence-electron chi connectivity index (χ3n) is 2.27. The summed E-state index contributed by atoms with van der Waals surface area (Å²) in [5.41, 5.74) is 4.71. The van der Waals surface area contributed by atoms with Crippen molar-refractivity contribution in [1.82, 2.24) is 10.9 Å². The van der Waals surface area contributed by atoms with Crippen molar-refractivity contribution in [3.8, 4) is 0 Å². The highest BCUT2D eigenvalue weighted by Crippen LogP contribution is 2.11. The Balaban J connectivity index is 1.79. The van der Waals surface area contributed by atoms with Crippen LogP contribution in [0.25, 0.3) is 0 Å². The van der Waals surface area contributed by atoms with Crippen LogP contribution in [-0.2, 0) is 9.53 Å². The summed E-state index contributed by atoms with van der Waals surface area (Å²) in [5, 5.41) is 1.80. The fourth-order valence-electron chi connectivity index (χ4n) is 1.45. The van der Waals surface area contributed by atoms with Crippen LogP contribution in [0, 0.1) is 0 Å². The number of ether oxygens (including phenoxy) is 1. The second kappa shape index (κ2) is 5.09. The number of thiophene rings is 1. The SMILES string of the molecule is O=C(NNC(=O)[C@@H]1CCCO1)c1cccs1. The van der Waals surface area contributed by atoms with Gasteiger partial charge in [-0.2, -0.15) is 0 Å². The Labute approximate surface area is 96.8 Å². The molecule has 1 aliphatic rings. The van der Waals surface area contributed by atoms with Gasteiger partial charge in [-0.1, -0.05) is 6.07 Å². The first kappa shape index (κ1) is 11.1. The van der Waals surface area contributed by atoms with E-state index in [2.05, 4.69) is 10.9 Å². The topological polar surface area (TPSA) is 67.4 Å². The van der Waals surface area contributed by atoms with Gasteiger partial charge in [-0.25, -0.2) is 0 Å². The first-order chi connectivity index (χ1) is 7.77. The van der Waals surface area contributed by atoms with Crippen LogP contribution in [0.3, 0.4) is 0 Å². The van der Waals surface area contributed by atoms with Crippen molar-refractivity contribution in [3.05, 3.63) is 22.4 Å². The van der Waals surface area contributed by atoms with Gasteiger partial charge in [0.2, 0.25) is 0 Å². The Hall–Kier alpha value is -1.40. The number of hydrogen-bond donors (Lipinski definition) is 2. The molecule has 2 heterocycles. The van der Waals surface area contributed by atoms with E-state index in [-0.39, 0.29) is 11.8 Å². The van der Waals surface area contributed by atoms with E-state index in [0.29, 0.717) is 17.9 Å². The summed E-state index contributed by atoms with van der Waals surface area (Å²) in [5.74, 6) is -0.594. The average Bonchev–Trinajstić information content (AvgIpc) is 2.95. The van der Waals surface area contributed by atoms with E-state index in [9.17, 15) is 9.59 Å². The van der Waals surface area contributed by atoms with Crippen molar-refractivity contribution in [2.24, 2.45) is 0 Å². The Morgan fingerprint density at radius 1 is 1.44 bits per heavy atom. The van der Waals surface area contributed by atoms with Gasteiger partial charge in [0.15, 0.2) is 0 Å². The van der Waals surface area contributed by atoms with Gasteiger partial charge in [0.05, 0.1) is 4.88 Å². The van der Waals surface area contributed by atoms with Gasteiger partial charge in [0.1, 0.15) is 6.10 Å². The lowest BCUT2D eigenvalue weighted by Crippen LogP contribution is -2.46. The second-order valence-corrected chi connectivity index (χ2v) is 4.37. The van der Waals surface area contributed by atoms with Gasteiger partial charge in [-0.05, 0) is 24.3 Å². The molecular formula is C10H12N2O3S. The molecule has 0 saturated carbocycles. The van der Waals surface area contributed by atoms with Gasteiger partial charge >= 0.3 is 0 Å². The smallest absolute Gasteiger partial charge is 0.279 e. The maximum absolute atomic E-state index is 11.5. The zero-order valence-electron chi connectivity index (χ0n) is 8.56. The lowest BCUT2D eigenvalue weighted by Gasteiger charge is -2.10. The molecule has 1 atom stereocenters. The molecule has 2 rings (SSSR count). The van der Waals surface area contributed by atoms with Crippen LogP contribution >= 0.6 is 11.3 Å². The molecule has 2 amide bonds. The molecule has 1 aromatic rings. The quantitative estimate of drug-likeness (QED) is 0.747. The number of rotatable bonds is 2. The Kier molecular flexibility index (Phi) is 3.53. The molecular weight excluding hydrogens is 228 g/mol. The fraction of sp³-hybridized carbons (Fsp3) is 0.400. The summed E-state index contributed by atoms with van der Waals surface area (Å²) < 4.78 is 5.18. The van der Waals surface area contributed by atoms with Crippen molar-refractivity contribution in [1.29, 1.82) is 0 Å². The van der Waals surface area contributed by atoms with Crippen LogP contribution in [0.5, 0.6) is 0 Å². The molecule has 1 aromatic heterocycles. The number of hydrogen-bond acceptors (Lipinski definition) is 4. The number of nitrogens with one attached hydrogen (secondary N) is 2. The van der Waals surface area contributed by atoms with Crippen molar-refractivity contribution in [2.75, 3.05) is 6.61 Å². The number of hydrazine groups is 1. The third-order valence-corrected chi connectivity index (χ3v) is 3.13. The van der Waals surface area contributed by atoms with E-state index in [4.69, 9.17) is 4.74 Å². The standard InChI is InChI=1S/C10H12N2O3S/c13-9(7-3-1-5-15-7)11-12-10(14)8-4-2-6-16-8/h2,4,6-7H,1,3,5H2,(H,11,13)(H,12,14)/t7-/m0/s1. The lowest BCUT2D eigenvalue weighted by molar-refractivity contribution is -0.130. The zero-order valence-corrected chi connectivity index (χ0v) is 9.38. The Bertz CT molecular complexity index is 371. The van der Waals surface area contributed by atoms with E-state index in [0.717, 1.165) is 6.42 Å². The molecule has 6 heteroatoms. The summed E-state index contributed by atoms with van der Waals surface area (Å²) in [7, 11) is 0. The molecule has 16 heavy (non-hydrogen) atoms. The largest absolute Gasteiger partial charge is 0.368 e. The van der Waals surface area contributed by atoms with Crippen molar-refractivity contribution >= 4 is 23.2 Å². The molecule has 1 saturated heterocycles. The predicted octanol–water partition coefficient (Wildman–Crippen LogP) is 0.688. The molecule has 0 spiro atoms. The molecule has 5 nitrogen and oxygen atoms in total. The number of amides is 2. The Morgan fingerprint density at radius 2 is 2.31 bits per heavy atom. The van der Waals surface area contributed by atoms with Gasteiger partial charge < -0.3 is 4.74 Å². The molecule has 2 N–H and O–H groups in total. The minimum absolute atomic E-state index is 0.289. The van der Waals surface area contributed by atoms with Crippen molar-refractivity contribution in [3.63, 3.8) is 0 Å². The van der Waals surface area contributed by atoms with Crippen LogP contribution in [-0.4, -0.2) is 24.5 Å². The van der Waals surface area contributed by atoms with Crippen LogP contribution in [0.4, 0.5) is 0 Å². The first-order valence-corrected chi connectivity index (χ1v) is 5.90. The molecule has 0 unspecified atom stereocenters. The minimum atomic E-state index is -0.427. The third kappa shape index (κ3) is 2.59. The summed E-state index contributed by atoms with van der Waals surface area (Å²) >= 11 is 1.32. The fourth-order valence-corrected chi connectivity index (χ4v) is 2.07. The van der Waals surface area contributed by atoms with Gasteiger partial charge in [0.25, 0.3) is 11.8 Å². The normalized spacial score (nSPS) is 19.4. The number of carbonyl (C=O) groups is 2. The Morgan fingerprint density at radius 3 is 2.94 bits per heavy atom. The predicted molar refractivity (Wildman–Crippen MR) is 58.9 cm³/mol. The molecule has 0 aliphatic carbocycles. The van der Waals surface area contributed by atoms with Crippen LogP contribution < -0.4 is 10.9 Å². The first-order valence-electron chi connectivity index (χ1n) is 5.02. The maximum Gasteiger partial charge on any atom is 0.279 e. The van der Waals surface area contributed by atoms with Gasteiger partial charge in [-0.15, -0.1) is 11.3 Å². The van der Waals surface area contributed by atoms with Gasteiger partial charge in [0, 0.05) is 6.61 Å². The molecule has 0 radical (unpaired) electrons. The van der Waals surface area contributed by atoms with E-state index in [1.54, 1.807) is 17.5 Å². The molecule has 86 valence electrons. The average molecular weight is 240 g/mol. The summed E-state index contributed by atoms with van der Waals surface area (Å²) in [6.45, 7) is 0.608. The van der Waals surface area contributed by atoms with Crippen LogP contribution in [0.15, 0.2) is 17.5 Å². The maximum atomic E-state index is 11.5. The minimum Gasteiger partial charge on any atom is -0.368 e. The van der Waals surface area contributed by atoms with Crippen LogP contribution in [0.2, 0.25) is 0 Å². The highest BCUT2D eigenvalue weighted by Gasteiger charge is 2.23. The van der Waals surface area contributed by atoms with E-state index < -0.39 is 6.10 Å². The monoisotopic (exact) mass is 240 g/mol. The van der Waals surface area contributed by atoms with E-state index >= 15 is 0 Å². The molecule has 0 bridgehead atoms. The second-order valence-electron chi connectivity index (χ2n) is 3.42. The summed E-state index contributed by atoms with van der Waals surface area (Å²) in [4.78, 5) is 23.5. The van der Waals surface area contributed by atoms with Crippen molar-refractivity contribution < 1.29 is 14.3 Å². The lowest BCUT2D eigenvalue weighted by atomic mass is 10.2.